The molecule has 0 heterocycles. The van der Waals surface area contributed by atoms with Gasteiger partial charge >= 0.3 is 0 Å². The lowest BCUT2D eigenvalue weighted by Crippen LogP contribution is -2.43. The molecule has 0 aromatic heterocycles. The van der Waals surface area contributed by atoms with Crippen LogP contribution in [0.2, 0.25) is 0 Å². The van der Waals surface area contributed by atoms with Crippen molar-refractivity contribution < 1.29 is 9.59 Å². The van der Waals surface area contributed by atoms with Crippen LogP contribution in [0.25, 0.3) is 0 Å². The second kappa shape index (κ2) is 8.25. The van der Waals surface area contributed by atoms with Crippen LogP contribution in [0.15, 0.2) is 0 Å². The van der Waals surface area contributed by atoms with Gasteiger partial charge in [0.2, 0.25) is 11.8 Å². The molecule has 0 bridgehead atoms. The summed E-state index contributed by atoms with van der Waals surface area (Å²) < 4.78 is 0. The lowest BCUT2D eigenvalue weighted by molar-refractivity contribution is -0.137. The Hall–Kier alpha value is -1.10. The van der Waals surface area contributed by atoms with E-state index in [1.165, 1.54) is 6.42 Å². The van der Waals surface area contributed by atoms with Gasteiger partial charge in [-0.2, -0.15) is 0 Å². The van der Waals surface area contributed by atoms with Crippen LogP contribution in [-0.2, 0) is 9.59 Å². The predicted molar refractivity (Wildman–Crippen MR) is 79.9 cm³/mol. The number of hydrogen-bond donors (Lipinski definition) is 2. The van der Waals surface area contributed by atoms with Crippen molar-refractivity contribution in [3.63, 3.8) is 0 Å². The van der Waals surface area contributed by atoms with E-state index in [-0.39, 0.29) is 17.9 Å². The van der Waals surface area contributed by atoms with Crippen LogP contribution in [0, 0.1) is 5.41 Å². The standard InChI is InChI=1S/C15H29N3O2/c1-2-3-9-18(11-13(17)19)14(20)10-15(12-16)7-5-4-6-8-15/h2-12,16H2,1H3,(H2,17,19). The van der Waals surface area contributed by atoms with Crippen molar-refractivity contribution in [3.05, 3.63) is 0 Å². The maximum absolute atomic E-state index is 12.5. The lowest BCUT2D eigenvalue weighted by atomic mass is 9.71. The zero-order chi connectivity index (χ0) is 15.0. The van der Waals surface area contributed by atoms with Crippen LogP contribution < -0.4 is 11.5 Å². The molecule has 0 unspecified atom stereocenters. The van der Waals surface area contributed by atoms with Gasteiger partial charge in [-0.1, -0.05) is 32.6 Å². The highest BCUT2D eigenvalue weighted by atomic mass is 16.2. The lowest BCUT2D eigenvalue weighted by Gasteiger charge is -2.37. The first-order chi connectivity index (χ1) is 9.53. The first-order valence-electron chi connectivity index (χ1n) is 7.79. The van der Waals surface area contributed by atoms with Gasteiger partial charge < -0.3 is 16.4 Å². The molecular weight excluding hydrogens is 254 g/mol. The van der Waals surface area contributed by atoms with Crippen molar-refractivity contribution in [3.8, 4) is 0 Å². The highest BCUT2D eigenvalue weighted by molar-refractivity contribution is 5.84. The zero-order valence-electron chi connectivity index (χ0n) is 12.7. The summed E-state index contributed by atoms with van der Waals surface area (Å²) in [4.78, 5) is 25.2. The van der Waals surface area contributed by atoms with E-state index in [4.69, 9.17) is 11.5 Å². The smallest absolute Gasteiger partial charge is 0.237 e. The van der Waals surface area contributed by atoms with Crippen molar-refractivity contribution in [2.24, 2.45) is 16.9 Å². The molecule has 0 radical (unpaired) electrons. The molecule has 0 atom stereocenters. The Balaban J connectivity index is 2.64. The molecule has 1 rings (SSSR count). The van der Waals surface area contributed by atoms with Gasteiger partial charge in [0.05, 0.1) is 6.54 Å². The first-order valence-corrected chi connectivity index (χ1v) is 7.79. The van der Waals surface area contributed by atoms with Crippen LogP contribution >= 0.6 is 0 Å². The van der Waals surface area contributed by atoms with Crippen molar-refractivity contribution in [2.45, 2.75) is 58.3 Å². The molecule has 1 aliphatic carbocycles. The van der Waals surface area contributed by atoms with Gasteiger partial charge in [0, 0.05) is 13.0 Å². The number of amides is 2. The van der Waals surface area contributed by atoms with E-state index >= 15 is 0 Å². The predicted octanol–water partition coefficient (Wildman–Crippen LogP) is 1.40. The molecular formula is C15H29N3O2. The summed E-state index contributed by atoms with van der Waals surface area (Å²) in [5.41, 5.74) is 11.1. The summed E-state index contributed by atoms with van der Waals surface area (Å²) >= 11 is 0. The molecule has 0 saturated heterocycles. The Morgan fingerprint density at radius 2 is 1.85 bits per heavy atom. The summed E-state index contributed by atoms with van der Waals surface area (Å²) in [6.07, 6.45) is 7.92. The third kappa shape index (κ3) is 5.12. The number of primary amides is 1. The quantitative estimate of drug-likeness (QED) is 0.705. The van der Waals surface area contributed by atoms with E-state index in [9.17, 15) is 9.59 Å². The summed E-state index contributed by atoms with van der Waals surface area (Å²) in [6.45, 7) is 3.25. The Morgan fingerprint density at radius 3 is 2.35 bits per heavy atom. The fourth-order valence-electron chi connectivity index (χ4n) is 3.02. The molecule has 0 aromatic rings. The molecule has 0 aliphatic heterocycles. The van der Waals surface area contributed by atoms with Crippen LogP contribution in [0.4, 0.5) is 0 Å². The normalized spacial score (nSPS) is 17.7. The van der Waals surface area contributed by atoms with Gasteiger partial charge in [-0.15, -0.1) is 0 Å². The molecule has 4 N–H and O–H groups in total. The highest BCUT2D eigenvalue weighted by Crippen LogP contribution is 2.38. The highest BCUT2D eigenvalue weighted by Gasteiger charge is 2.34. The third-order valence-electron chi connectivity index (χ3n) is 4.35. The second-order valence-corrected chi connectivity index (χ2v) is 6.08. The Morgan fingerprint density at radius 1 is 1.20 bits per heavy atom. The maximum atomic E-state index is 12.5. The largest absolute Gasteiger partial charge is 0.368 e. The van der Waals surface area contributed by atoms with Crippen molar-refractivity contribution >= 4 is 11.8 Å². The van der Waals surface area contributed by atoms with Crippen molar-refractivity contribution in [2.75, 3.05) is 19.6 Å². The Labute approximate surface area is 122 Å². The number of carbonyl (C=O) groups is 2. The molecule has 5 heteroatoms. The van der Waals surface area contributed by atoms with E-state index in [1.807, 2.05) is 0 Å². The molecule has 116 valence electrons. The fourth-order valence-corrected chi connectivity index (χ4v) is 3.02. The van der Waals surface area contributed by atoms with E-state index in [0.717, 1.165) is 38.5 Å². The minimum absolute atomic E-state index is 0.0273. The molecule has 2 amide bonds. The SMILES string of the molecule is CCCCN(CC(N)=O)C(=O)CC1(CN)CCCCC1. The average Bonchev–Trinajstić information content (AvgIpc) is 2.44. The molecule has 0 spiro atoms. The molecule has 20 heavy (non-hydrogen) atoms. The van der Waals surface area contributed by atoms with Crippen LogP contribution in [0.5, 0.6) is 0 Å². The van der Waals surface area contributed by atoms with E-state index in [1.54, 1.807) is 4.90 Å². The first kappa shape index (κ1) is 17.0. The van der Waals surface area contributed by atoms with Gasteiger partial charge in [0.25, 0.3) is 0 Å². The fraction of sp³-hybridized carbons (Fsp3) is 0.867. The molecule has 1 saturated carbocycles. The minimum atomic E-state index is -0.445. The minimum Gasteiger partial charge on any atom is -0.368 e. The molecule has 5 nitrogen and oxygen atoms in total. The van der Waals surface area contributed by atoms with Crippen molar-refractivity contribution in [1.82, 2.24) is 4.90 Å². The van der Waals surface area contributed by atoms with Gasteiger partial charge in [-0.05, 0) is 31.2 Å². The average molecular weight is 283 g/mol. The zero-order valence-corrected chi connectivity index (χ0v) is 12.7. The third-order valence-corrected chi connectivity index (χ3v) is 4.35. The number of nitrogens with zero attached hydrogens (tertiary/aromatic N) is 1. The number of hydrogen-bond acceptors (Lipinski definition) is 3. The van der Waals surface area contributed by atoms with Gasteiger partial charge in [0.1, 0.15) is 0 Å². The van der Waals surface area contributed by atoms with Crippen LogP contribution in [-0.4, -0.2) is 36.3 Å². The number of nitrogens with two attached hydrogens (primary N) is 2. The van der Waals surface area contributed by atoms with Gasteiger partial charge in [0.15, 0.2) is 0 Å². The summed E-state index contributed by atoms with van der Waals surface area (Å²) in [5, 5.41) is 0. The molecule has 0 aromatic carbocycles. The van der Waals surface area contributed by atoms with Crippen LogP contribution in [0.3, 0.4) is 0 Å². The Bertz CT molecular complexity index is 325. The monoisotopic (exact) mass is 283 g/mol. The number of unbranched alkanes of at least 4 members (excludes halogenated alkanes) is 1. The van der Waals surface area contributed by atoms with Crippen LogP contribution in [0.1, 0.15) is 58.3 Å². The Kier molecular flexibility index (Phi) is 6.99. The maximum Gasteiger partial charge on any atom is 0.237 e. The number of carbonyl (C=O) groups excluding carboxylic acids is 2. The van der Waals surface area contributed by atoms with E-state index < -0.39 is 5.91 Å². The summed E-state index contributed by atoms with van der Waals surface area (Å²) in [7, 11) is 0. The van der Waals surface area contributed by atoms with E-state index in [2.05, 4.69) is 6.92 Å². The molecule has 1 aliphatic rings. The van der Waals surface area contributed by atoms with Gasteiger partial charge in [-0.3, -0.25) is 9.59 Å². The number of rotatable bonds is 8. The summed E-state index contributed by atoms with van der Waals surface area (Å²) in [6, 6.07) is 0. The summed E-state index contributed by atoms with van der Waals surface area (Å²) in [5.74, 6) is -0.413. The van der Waals surface area contributed by atoms with E-state index in [0.29, 0.717) is 19.5 Å². The molecule has 1 fully saturated rings. The van der Waals surface area contributed by atoms with Crippen molar-refractivity contribution in [1.29, 1.82) is 0 Å². The second-order valence-electron chi connectivity index (χ2n) is 6.08. The topological polar surface area (TPSA) is 89.4 Å². The van der Waals surface area contributed by atoms with Gasteiger partial charge in [-0.25, -0.2) is 0 Å².